The van der Waals surface area contributed by atoms with E-state index in [0.717, 1.165) is 22.9 Å². The molecular weight excluding hydrogens is 332 g/mol. The maximum Gasteiger partial charge on any atom is 0.318 e. The molecule has 2 amide bonds. The highest BCUT2D eigenvalue weighted by Gasteiger charge is 2.23. The summed E-state index contributed by atoms with van der Waals surface area (Å²) in [5, 5.41) is 3.05. The van der Waals surface area contributed by atoms with Crippen LogP contribution in [0, 0.1) is 0 Å². The van der Waals surface area contributed by atoms with Gasteiger partial charge < -0.3 is 23.9 Å². The number of rotatable bonds is 6. The number of imidazole rings is 1. The number of aromatic nitrogens is 2. The molecule has 1 aromatic carbocycles. The Morgan fingerprint density at radius 2 is 2.23 bits per heavy atom. The molecule has 0 saturated carbocycles. The van der Waals surface area contributed by atoms with Gasteiger partial charge in [0.05, 0.1) is 19.9 Å². The smallest absolute Gasteiger partial charge is 0.318 e. The van der Waals surface area contributed by atoms with E-state index in [1.807, 2.05) is 48.1 Å². The predicted molar refractivity (Wildman–Crippen MR) is 96.8 cm³/mol. The number of urea groups is 1. The van der Waals surface area contributed by atoms with Crippen LogP contribution in [-0.4, -0.2) is 34.6 Å². The number of nitrogens with zero attached hydrogens (tertiary/aromatic N) is 3. The molecule has 2 heterocycles. The van der Waals surface area contributed by atoms with Gasteiger partial charge in [-0.25, -0.2) is 9.78 Å². The van der Waals surface area contributed by atoms with Crippen molar-refractivity contribution in [2.75, 3.05) is 14.2 Å². The van der Waals surface area contributed by atoms with Crippen molar-refractivity contribution in [3.8, 4) is 5.75 Å². The first-order valence-electron chi connectivity index (χ1n) is 8.23. The van der Waals surface area contributed by atoms with E-state index in [1.54, 1.807) is 37.6 Å². The molecule has 1 N–H and O–H groups in total. The van der Waals surface area contributed by atoms with Crippen LogP contribution in [0.25, 0.3) is 0 Å². The van der Waals surface area contributed by atoms with Crippen LogP contribution in [0.15, 0.2) is 59.5 Å². The lowest BCUT2D eigenvalue weighted by atomic mass is 10.1. The first-order chi connectivity index (χ1) is 12.6. The maximum absolute atomic E-state index is 12.7. The van der Waals surface area contributed by atoms with E-state index in [0.29, 0.717) is 6.54 Å². The second kappa shape index (κ2) is 7.77. The number of hydrogen-bond donors (Lipinski definition) is 1. The molecule has 7 nitrogen and oxygen atoms in total. The van der Waals surface area contributed by atoms with Crippen LogP contribution in [0.2, 0.25) is 0 Å². The third-order valence-electron chi connectivity index (χ3n) is 4.13. The second-order valence-electron chi connectivity index (χ2n) is 5.99. The lowest BCUT2D eigenvalue weighted by Gasteiger charge is -2.23. The Balaban J connectivity index is 1.84. The third-order valence-corrected chi connectivity index (χ3v) is 4.13. The van der Waals surface area contributed by atoms with Gasteiger partial charge in [0.15, 0.2) is 0 Å². The van der Waals surface area contributed by atoms with Gasteiger partial charge in [0.2, 0.25) is 0 Å². The zero-order chi connectivity index (χ0) is 18.5. The van der Waals surface area contributed by atoms with Crippen LogP contribution in [-0.2, 0) is 13.6 Å². The average molecular weight is 354 g/mol. The van der Waals surface area contributed by atoms with Crippen molar-refractivity contribution < 1.29 is 13.9 Å². The van der Waals surface area contributed by atoms with Gasteiger partial charge >= 0.3 is 6.03 Å². The number of ether oxygens (including phenoxy) is 1. The van der Waals surface area contributed by atoms with E-state index < -0.39 is 6.04 Å². The summed E-state index contributed by atoms with van der Waals surface area (Å²) in [5.74, 6) is 2.18. The molecule has 0 aliphatic rings. The predicted octanol–water partition coefficient (Wildman–Crippen LogP) is 2.95. The number of aryl methyl sites for hydroxylation is 1. The fourth-order valence-electron chi connectivity index (χ4n) is 2.72. The number of amides is 2. The molecule has 0 aliphatic carbocycles. The number of hydrogen-bond acceptors (Lipinski definition) is 4. The highest BCUT2D eigenvalue weighted by atomic mass is 16.5. The van der Waals surface area contributed by atoms with Gasteiger partial charge in [0.1, 0.15) is 23.4 Å². The van der Waals surface area contributed by atoms with E-state index >= 15 is 0 Å². The van der Waals surface area contributed by atoms with Gasteiger partial charge in [0, 0.05) is 26.5 Å². The minimum Gasteiger partial charge on any atom is -0.497 e. The van der Waals surface area contributed by atoms with Crippen molar-refractivity contribution in [1.29, 1.82) is 0 Å². The Bertz CT molecular complexity index is 857. The minimum atomic E-state index is -0.406. The Morgan fingerprint density at radius 1 is 1.38 bits per heavy atom. The lowest BCUT2D eigenvalue weighted by Crippen LogP contribution is -2.40. The van der Waals surface area contributed by atoms with Crippen molar-refractivity contribution in [2.24, 2.45) is 7.05 Å². The van der Waals surface area contributed by atoms with Gasteiger partial charge in [-0.3, -0.25) is 0 Å². The molecule has 26 heavy (non-hydrogen) atoms. The third kappa shape index (κ3) is 3.88. The molecule has 0 aliphatic heterocycles. The largest absolute Gasteiger partial charge is 0.497 e. The summed E-state index contributed by atoms with van der Waals surface area (Å²) in [5.41, 5.74) is 0.887. The van der Waals surface area contributed by atoms with Crippen LogP contribution >= 0.6 is 0 Å². The topological polar surface area (TPSA) is 72.5 Å². The van der Waals surface area contributed by atoms with Crippen molar-refractivity contribution in [1.82, 2.24) is 19.8 Å². The molecule has 0 spiro atoms. The van der Waals surface area contributed by atoms with Crippen molar-refractivity contribution >= 4 is 6.03 Å². The molecular formula is C19H22N4O3. The Labute approximate surface area is 152 Å². The van der Waals surface area contributed by atoms with Crippen LogP contribution in [0.4, 0.5) is 4.79 Å². The number of nitrogens with one attached hydrogen (secondary N) is 1. The van der Waals surface area contributed by atoms with Crippen LogP contribution < -0.4 is 10.1 Å². The van der Waals surface area contributed by atoms with Gasteiger partial charge in [0.25, 0.3) is 0 Å². The zero-order valence-corrected chi connectivity index (χ0v) is 15.0. The molecule has 0 bridgehead atoms. The van der Waals surface area contributed by atoms with Crippen molar-refractivity contribution in [2.45, 2.75) is 12.6 Å². The summed E-state index contributed by atoms with van der Waals surface area (Å²) in [6, 6.07) is 10.6. The fourth-order valence-corrected chi connectivity index (χ4v) is 2.72. The van der Waals surface area contributed by atoms with E-state index in [9.17, 15) is 4.79 Å². The summed E-state index contributed by atoms with van der Waals surface area (Å²) in [7, 11) is 5.23. The van der Waals surface area contributed by atoms with Crippen molar-refractivity contribution in [3.63, 3.8) is 0 Å². The summed E-state index contributed by atoms with van der Waals surface area (Å²) in [4.78, 5) is 18.7. The first kappa shape index (κ1) is 17.6. The molecule has 2 aromatic heterocycles. The quantitative estimate of drug-likeness (QED) is 0.739. The zero-order valence-electron chi connectivity index (χ0n) is 15.0. The summed E-state index contributed by atoms with van der Waals surface area (Å²) >= 11 is 0. The van der Waals surface area contributed by atoms with Crippen LogP contribution in [0.5, 0.6) is 5.75 Å². The summed E-state index contributed by atoms with van der Waals surface area (Å²) < 4.78 is 12.5. The standard InChI is InChI=1S/C19H22N4O3/c1-22-10-9-20-18(22)17(14-6-4-7-15(12-14)25-3)21-19(24)23(2)13-16-8-5-11-26-16/h4-12,17H,13H2,1-3H3,(H,21,24). The monoisotopic (exact) mass is 354 g/mol. The Morgan fingerprint density at radius 3 is 2.88 bits per heavy atom. The SMILES string of the molecule is COc1cccc(C(NC(=O)N(C)Cc2ccco2)c2nccn2C)c1. The van der Waals surface area contributed by atoms with Crippen LogP contribution in [0.1, 0.15) is 23.2 Å². The van der Waals surface area contributed by atoms with Gasteiger partial charge in [-0.05, 0) is 29.8 Å². The normalized spacial score (nSPS) is 11.8. The molecule has 1 atom stereocenters. The summed E-state index contributed by atoms with van der Waals surface area (Å²) in [6.07, 6.45) is 5.15. The molecule has 3 aromatic rings. The highest BCUT2D eigenvalue weighted by Crippen LogP contribution is 2.24. The van der Waals surface area contributed by atoms with Gasteiger partial charge in [-0.1, -0.05) is 12.1 Å². The molecule has 1 unspecified atom stereocenters. The number of benzene rings is 1. The highest BCUT2D eigenvalue weighted by molar-refractivity contribution is 5.74. The average Bonchev–Trinajstić information content (AvgIpc) is 3.31. The molecule has 7 heteroatoms. The van der Waals surface area contributed by atoms with Gasteiger partial charge in [-0.15, -0.1) is 0 Å². The minimum absolute atomic E-state index is 0.225. The fraction of sp³-hybridized carbons (Fsp3) is 0.263. The second-order valence-corrected chi connectivity index (χ2v) is 5.99. The molecule has 3 rings (SSSR count). The lowest BCUT2D eigenvalue weighted by molar-refractivity contribution is 0.200. The number of carbonyl (C=O) groups excluding carboxylic acids is 1. The van der Waals surface area contributed by atoms with E-state index in [1.165, 1.54) is 0 Å². The van der Waals surface area contributed by atoms with E-state index in [2.05, 4.69) is 10.3 Å². The van der Waals surface area contributed by atoms with E-state index in [4.69, 9.17) is 9.15 Å². The first-order valence-corrected chi connectivity index (χ1v) is 8.23. The summed E-state index contributed by atoms with van der Waals surface area (Å²) in [6.45, 7) is 0.379. The van der Waals surface area contributed by atoms with Crippen LogP contribution in [0.3, 0.4) is 0 Å². The molecule has 0 radical (unpaired) electrons. The van der Waals surface area contributed by atoms with Gasteiger partial charge in [-0.2, -0.15) is 0 Å². The Kier molecular flexibility index (Phi) is 5.26. The van der Waals surface area contributed by atoms with E-state index in [-0.39, 0.29) is 6.03 Å². The Hall–Kier alpha value is -3.22. The number of methoxy groups -OCH3 is 1. The molecule has 136 valence electrons. The number of furan rings is 1. The molecule has 0 fully saturated rings. The molecule has 0 saturated heterocycles. The van der Waals surface area contributed by atoms with Crippen molar-refractivity contribution in [3.05, 3.63) is 72.2 Å². The maximum atomic E-state index is 12.7. The number of carbonyl (C=O) groups is 1.